The lowest BCUT2D eigenvalue weighted by Crippen LogP contribution is -2.49. The number of Topliss-reactive ketones (excluding diaryl/α,β-unsaturated/α-hetero) is 2. The van der Waals surface area contributed by atoms with Crippen LogP contribution in [-0.4, -0.2) is 48.7 Å². The van der Waals surface area contributed by atoms with E-state index >= 15 is 0 Å². The van der Waals surface area contributed by atoms with Gasteiger partial charge in [0.1, 0.15) is 23.2 Å². The number of piperidine rings is 1. The number of halogens is 1. The second-order valence-corrected chi connectivity index (χ2v) is 8.44. The van der Waals surface area contributed by atoms with Crippen LogP contribution in [0.15, 0.2) is 12.1 Å². The highest BCUT2D eigenvalue weighted by Crippen LogP contribution is 2.47. The summed E-state index contributed by atoms with van der Waals surface area (Å²) < 4.78 is 18.9. The normalized spacial score (nSPS) is 20.0. The van der Waals surface area contributed by atoms with E-state index in [4.69, 9.17) is 4.74 Å². The summed E-state index contributed by atoms with van der Waals surface area (Å²) in [6, 6.07) is 3.65. The predicted molar refractivity (Wildman–Crippen MR) is 111 cm³/mol. The minimum absolute atomic E-state index is 0.111. The summed E-state index contributed by atoms with van der Waals surface area (Å²) in [5.41, 5.74) is 1.78. The van der Waals surface area contributed by atoms with Gasteiger partial charge in [0.15, 0.2) is 6.17 Å². The highest BCUT2D eigenvalue weighted by atomic mass is 19.1. The molecule has 1 aromatic rings. The summed E-state index contributed by atoms with van der Waals surface area (Å²) in [6.45, 7) is 5.61. The number of aryl methyl sites for hydroxylation is 1. The van der Waals surface area contributed by atoms with Crippen molar-refractivity contribution >= 4 is 17.5 Å². The number of ketones is 2. The molecule has 0 bridgehead atoms. The van der Waals surface area contributed by atoms with Crippen molar-refractivity contribution in [2.24, 2.45) is 5.41 Å². The molecule has 1 spiro atoms. The van der Waals surface area contributed by atoms with Crippen LogP contribution in [0.2, 0.25) is 0 Å². The Morgan fingerprint density at radius 3 is 2.33 bits per heavy atom. The number of carbonyl (C=O) groups excluding carboxylic acids is 3. The molecule has 1 unspecified atom stereocenters. The molecule has 30 heavy (non-hydrogen) atoms. The first-order valence-corrected chi connectivity index (χ1v) is 10.3. The number of hydrogen-bond acceptors (Lipinski definition) is 4. The van der Waals surface area contributed by atoms with Crippen molar-refractivity contribution in [3.63, 3.8) is 0 Å². The van der Waals surface area contributed by atoms with Gasteiger partial charge in [-0.1, -0.05) is 5.92 Å². The molecule has 0 N–H and O–H groups in total. The minimum atomic E-state index is -1.53. The summed E-state index contributed by atoms with van der Waals surface area (Å²) in [5, 5.41) is 0. The smallest absolute Gasteiger partial charge is 0.256 e. The molecule has 0 aromatic heterocycles. The molecule has 1 aliphatic heterocycles. The van der Waals surface area contributed by atoms with Crippen molar-refractivity contribution in [2.45, 2.75) is 58.5 Å². The lowest BCUT2D eigenvalue weighted by Gasteiger charge is -2.44. The van der Waals surface area contributed by atoms with E-state index in [0.29, 0.717) is 37.2 Å². The van der Waals surface area contributed by atoms with Crippen molar-refractivity contribution < 1.29 is 23.5 Å². The second kappa shape index (κ2) is 8.59. The van der Waals surface area contributed by atoms with Gasteiger partial charge in [-0.05, 0) is 56.7 Å². The van der Waals surface area contributed by atoms with Crippen LogP contribution in [0.5, 0.6) is 5.75 Å². The Bertz CT molecular complexity index is 913. The van der Waals surface area contributed by atoms with Crippen LogP contribution in [-0.2, 0) is 14.4 Å². The molecule has 1 amide bonds. The standard InChI is InChI=1S/C24H28FNO4/c1-5-6-17-11-15(2)21(20(12-17)30-4)22-18(27)13-24(14-19(22)28)7-9-26(10-8-24)23(29)16(3)25/h11-12,16,22H,7-10,13-14H2,1-4H3. The molecule has 3 rings (SSSR count). The first kappa shape index (κ1) is 22.0. The van der Waals surface area contributed by atoms with Crippen molar-refractivity contribution in [1.82, 2.24) is 4.90 Å². The average molecular weight is 413 g/mol. The molecule has 160 valence electrons. The average Bonchev–Trinajstić information content (AvgIpc) is 2.69. The van der Waals surface area contributed by atoms with E-state index in [1.54, 1.807) is 13.0 Å². The van der Waals surface area contributed by atoms with Gasteiger partial charge < -0.3 is 9.64 Å². The third-order valence-corrected chi connectivity index (χ3v) is 6.35. The number of carbonyl (C=O) groups is 3. The minimum Gasteiger partial charge on any atom is -0.496 e. The van der Waals surface area contributed by atoms with E-state index in [-0.39, 0.29) is 24.4 Å². The maximum Gasteiger partial charge on any atom is 0.256 e. The molecule has 1 heterocycles. The van der Waals surface area contributed by atoms with Crippen LogP contribution in [0, 0.1) is 24.2 Å². The van der Waals surface area contributed by atoms with Crippen molar-refractivity contribution in [3.05, 3.63) is 28.8 Å². The van der Waals surface area contributed by atoms with Gasteiger partial charge in [0.25, 0.3) is 5.91 Å². The first-order valence-electron chi connectivity index (χ1n) is 10.3. The van der Waals surface area contributed by atoms with E-state index in [9.17, 15) is 18.8 Å². The van der Waals surface area contributed by atoms with Gasteiger partial charge in [-0.25, -0.2) is 4.39 Å². The molecular weight excluding hydrogens is 385 g/mol. The van der Waals surface area contributed by atoms with Crippen LogP contribution in [0.4, 0.5) is 4.39 Å². The summed E-state index contributed by atoms with van der Waals surface area (Å²) >= 11 is 0. The highest BCUT2D eigenvalue weighted by Gasteiger charge is 2.48. The Kier molecular flexibility index (Phi) is 6.30. The zero-order chi connectivity index (χ0) is 22.1. The largest absolute Gasteiger partial charge is 0.496 e. The number of amides is 1. The highest BCUT2D eigenvalue weighted by molar-refractivity contribution is 6.11. The molecule has 2 aliphatic rings. The number of likely N-dealkylation sites (tertiary alicyclic amines) is 1. The monoisotopic (exact) mass is 413 g/mol. The van der Waals surface area contributed by atoms with Crippen molar-refractivity contribution in [3.8, 4) is 17.6 Å². The molecule has 1 saturated carbocycles. The Hall–Kier alpha value is -2.68. The number of alkyl halides is 1. The van der Waals surface area contributed by atoms with Crippen molar-refractivity contribution in [2.75, 3.05) is 20.2 Å². The topological polar surface area (TPSA) is 63.7 Å². The van der Waals surface area contributed by atoms with E-state index in [2.05, 4.69) is 11.8 Å². The van der Waals surface area contributed by atoms with Gasteiger partial charge in [-0.2, -0.15) is 0 Å². The number of hydrogen-bond donors (Lipinski definition) is 0. The maximum absolute atomic E-state index is 13.3. The van der Waals surface area contributed by atoms with Crippen LogP contribution in [0.25, 0.3) is 0 Å². The second-order valence-electron chi connectivity index (χ2n) is 8.44. The SMILES string of the molecule is CC#Cc1cc(C)c(C2C(=O)CC3(CCN(C(=O)C(C)F)CC3)CC2=O)c(OC)c1. The molecule has 5 nitrogen and oxygen atoms in total. The third kappa shape index (κ3) is 4.12. The lowest BCUT2D eigenvalue weighted by molar-refractivity contribution is -0.142. The van der Waals surface area contributed by atoms with Crippen LogP contribution in [0.3, 0.4) is 0 Å². The number of rotatable bonds is 3. The fraction of sp³-hybridized carbons (Fsp3) is 0.542. The Morgan fingerprint density at radius 1 is 1.23 bits per heavy atom. The van der Waals surface area contributed by atoms with Gasteiger partial charge in [0, 0.05) is 37.1 Å². The van der Waals surface area contributed by atoms with Gasteiger partial charge in [-0.3, -0.25) is 14.4 Å². The van der Waals surface area contributed by atoms with Gasteiger partial charge >= 0.3 is 0 Å². The molecule has 1 aromatic carbocycles. The Labute approximate surface area is 177 Å². The summed E-state index contributed by atoms with van der Waals surface area (Å²) in [6.07, 6.45) is 0.118. The maximum atomic E-state index is 13.3. The van der Waals surface area contributed by atoms with Crippen molar-refractivity contribution in [1.29, 1.82) is 0 Å². The Morgan fingerprint density at radius 2 is 1.83 bits per heavy atom. The molecule has 1 saturated heterocycles. The number of ether oxygens (including phenoxy) is 1. The van der Waals surface area contributed by atoms with E-state index in [1.165, 1.54) is 18.9 Å². The zero-order valence-electron chi connectivity index (χ0n) is 18.0. The predicted octanol–water partition coefficient (Wildman–Crippen LogP) is 3.36. The number of methoxy groups -OCH3 is 1. The molecule has 6 heteroatoms. The fourth-order valence-electron chi connectivity index (χ4n) is 4.84. The molecule has 0 radical (unpaired) electrons. The van der Waals surface area contributed by atoms with Gasteiger partial charge in [0.2, 0.25) is 0 Å². The Balaban J connectivity index is 1.83. The van der Waals surface area contributed by atoms with E-state index in [0.717, 1.165) is 11.1 Å². The van der Waals surface area contributed by atoms with Crippen LogP contribution in [0.1, 0.15) is 62.1 Å². The van der Waals surface area contributed by atoms with Gasteiger partial charge in [0.05, 0.1) is 7.11 Å². The van der Waals surface area contributed by atoms with Crippen LogP contribution < -0.4 is 4.74 Å². The van der Waals surface area contributed by atoms with E-state index in [1.807, 2.05) is 13.0 Å². The number of benzene rings is 1. The van der Waals surface area contributed by atoms with E-state index < -0.39 is 23.4 Å². The summed E-state index contributed by atoms with van der Waals surface area (Å²) in [4.78, 5) is 39.8. The molecule has 2 fully saturated rings. The quantitative estimate of drug-likeness (QED) is 0.563. The summed E-state index contributed by atoms with van der Waals surface area (Å²) in [7, 11) is 1.53. The molecule has 1 aliphatic carbocycles. The zero-order valence-corrected chi connectivity index (χ0v) is 18.0. The fourth-order valence-corrected chi connectivity index (χ4v) is 4.84. The molecular formula is C24H28FNO4. The first-order chi connectivity index (χ1) is 14.2. The van der Waals surface area contributed by atoms with Crippen LogP contribution >= 0.6 is 0 Å². The van der Waals surface area contributed by atoms with Gasteiger partial charge in [-0.15, -0.1) is 5.92 Å². The third-order valence-electron chi connectivity index (χ3n) is 6.35. The summed E-state index contributed by atoms with van der Waals surface area (Å²) in [5.74, 6) is 4.76. The lowest BCUT2D eigenvalue weighted by atomic mass is 9.63. The number of nitrogens with zero attached hydrogens (tertiary/aromatic N) is 1. The molecule has 1 atom stereocenters.